The van der Waals surface area contributed by atoms with Gasteiger partial charge in [0.25, 0.3) is 5.56 Å². The van der Waals surface area contributed by atoms with E-state index in [1.54, 1.807) is 6.92 Å². The number of carbonyl (C=O) groups is 2. The Morgan fingerprint density at radius 3 is 2.45 bits per heavy atom. The summed E-state index contributed by atoms with van der Waals surface area (Å²) in [7, 11) is 1.41. The van der Waals surface area contributed by atoms with Crippen molar-refractivity contribution in [2.75, 3.05) is 13.7 Å². The molecule has 0 bridgehead atoms. The quantitative estimate of drug-likeness (QED) is 0.246. The fourth-order valence-electron chi connectivity index (χ4n) is 4.75. The van der Waals surface area contributed by atoms with E-state index in [4.69, 9.17) is 15.2 Å². The van der Waals surface area contributed by atoms with Crippen molar-refractivity contribution in [3.05, 3.63) is 68.4 Å². The van der Waals surface area contributed by atoms with Crippen LogP contribution < -0.4 is 21.7 Å². The van der Waals surface area contributed by atoms with Gasteiger partial charge in [0.15, 0.2) is 5.78 Å². The summed E-state index contributed by atoms with van der Waals surface area (Å²) >= 11 is 1.12. The molecule has 3 aromatic heterocycles. The molecule has 0 aliphatic heterocycles. The van der Waals surface area contributed by atoms with Crippen LogP contribution in [-0.2, 0) is 20.9 Å². The number of amides is 1. The third-order valence-corrected chi connectivity index (χ3v) is 8.12. The van der Waals surface area contributed by atoms with Gasteiger partial charge in [-0.1, -0.05) is 25.2 Å². The predicted octanol–water partition coefficient (Wildman–Crippen LogP) is 3.07. The molecule has 42 heavy (non-hydrogen) atoms. The second kappa shape index (κ2) is 12.8. The second-order valence-corrected chi connectivity index (χ2v) is 11.3. The number of rotatable bonds is 13. The molecule has 14 heteroatoms. The molecule has 1 aromatic carbocycles. The number of hydrogen-bond acceptors (Lipinski definition) is 9. The largest absolute Gasteiger partial charge is 0.496 e. The van der Waals surface area contributed by atoms with Gasteiger partial charge in [-0.15, -0.1) is 4.80 Å². The van der Waals surface area contributed by atoms with Crippen molar-refractivity contribution in [2.24, 2.45) is 11.7 Å². The number of fused-ring (bicyclic) bond motifs is 1. The molecule has 224 valence electrons. The highest BCUT2D eigenvalue weighted by Crippen LogP contribution is 2.34. The molecule has 1 amide bonds. The average molecular weight is 601 g/mol. The summed E-state index contributed by atoms with van der Waals surface area (Å²) in [5.74, 6) is -1.12. The normalized spacial score (nSPS) is 13.0. The Morgan fingerprint density at radius 2 is 1.83 bits per heavy atom. The minimum atomic E-state index is -1.05. The summed E-state index contributed by atoms with van der Waals surface area (Å²) in [6.07, 6.45) is 2.03. The Bertz CT molecular complexity index is 1730. The van der Waals surface area contributed by atoms with Crippen LogP contribution in [0, 0.1) is 18.7 Å². The fraction of sp³-hybridized carbons (Fsp3) is 0.429. The Morgan fingerprint density at radius 1 is 1.14 bits per heavy atom. The van der Waals surface area contributed by atoms with Gasteiger partial charge >= 0.3 is 5.69 Å². The summed E-state index contributed by atoms with van der Waals surface area (Å²) in [5.41, 5.74) is 4.76. The molecule has 2 N–H and O–H groups in total. The van der Waals surface area contributed by atoms with Crippen molar-refractivity contribution >= 4 is 33.2 Å². The zero-order valence-corrected chi connectivity index (χ0v) is 24.8. The number of aryl methyl sites for hydroxylation is 1. The van der Waals surface area contributed by atoms with Gasteiger partial charge < -0.3 is 15.2 Å². The maximum Gasteiger partial charge on any atom is 0.332 e. The highest BCUT2D eigenvalue weighted by atomic mass is 32.1. The van der Waals surface area contributed by atoms with Gasteiger partial charge in [0.05, 0.1) is 44.1 Å². The van der Waals surface area contributed by atoms with Crippen LogP contribution in [-0.4, -0.2) is 49.5 Å². The van der Waals surface area contributed by atoms with Crippen LogP contribution in [0.1, 0.15) is 56.9 Å². The summed E-state index contributed by atoms with van der Waals surface area (Å²) < 4.78 is 28.2. The lowest BCUT2D eigenvalue weighted by Crippen LogP contribution is -2.44. The van der Waals surface area contributed by atoms with Crippen molar-refractivity contribution in [2.45, 2.75) is 59.2 Å². The predicted molar refractivity (Wildman–Crippen MR) is 155 cm³/mol. The van der Waals surface area contributed by atoms with Gasteiger partial charge in [0.1, 0.15) is 27.5 Å². The smallest absolute Gasteiger partial charge is 0.332 e. The molecular formula is C28H33FN6O6S. The molecule has 3 heterocycles. The fourth-order valence-corrected chi connectivity index (χ4v) is 5.97. The van der Waals surface area contributed by atoms with Crippen LogP contribution in [0.5, 0.6) is 5.75 Å². The standard InChI is InChI=1S/C28H33FN6O6S/c1-15(2)12-20(36)17(4)34-25(38)24-16(3)26(35-31-9-10-32-35)42-27(24)33(28(34)39)14-22(41-11-8-23(30)37)19-13-18(29)6-7-21(19)40-5/h6-7,9-10,13,15,17,22H,8,11-12,14H2,1-5H3,(H2,30,37)/t17?,22-/m0/s1. The molecule has 4 aromatic rings. The van der Waals surface area contributed by atoms with Crippen molar-refractivity contribution < 1.29 is 23.5 Å². The summed E-state index contributed by atoms with van der Waals surface area (Å²) in [6.45, 7) is 6.67. The number of primary amides is 1. The molecule has 0 saturated carbocycles. The first kappa shape index (κ1) is 30.8. The van der Waals surface area contributed by atoms with Crippen molar-refractivity contribution in [1.82, 2.24) is 24.1 Å². The number of ketones is 1. The molecule has 0 aliphatic carbocycles. The van der Waals surface area contributed by atoms with Crippen LogP contribution in [0.15, 0.2) is 40.2 Å². The minimum Gasteiger partial charge on any atom is -0.496 e. The van der Waals surface area contributed by atoms with E-state index in [9.17, 15) is 23.6 Å². The molecule has 0 aliphatic rings. The maximum atomic E-state index is 14.4. The van der Waals surface area contributed by atoms with E-state index in [1.165, 1.54) is 54.0 Å². The summed E-state index contributed by atoms with van der Waals surface area (Å²) in [6, 6.07) is 2.82. The molecule has 1 unspecified atom stereocenters. The van der Waals surface area contributed by atoms with E-state index >= 15 is 0 Å². The molecule has 12 nitrogen and oxygen atoms in total. The van der Waals surface area contributed by atoms with E-state index in [1.807, 2.05) is 13.8 Å². The van der Waals surface area contributed by atoms with Crippen LogP contribution >= 0.6 is 11.3 Å². The van der Waals surface area contributed by atoms with Crippen molar-refractivity contribution in [3.63, 3.8) is 0 Å². The number of methoxy groups -OCH3 is 1. The highest BCUT2D eigenvalue weighted by molar-refractivity contribution is 7.21. The van der Waals surface area contributed by atoms with Crippen LogP contribution in [0.2, 0.25) is 0 Å². The number of nitrogens with two attached hydrogens (primary N) is 1. The van der Waals surface area contributed by atoms with Gasteiger partial charge in [-0.25, -0.2) is 13.8 Å². The first-order valence-electron chi connectivity index (χ1n) is 13.4. The van der Waals surface area contributed by atoms with E-state index in [2.05, 4.69) is 10.2 Å². The molecule has 2 atom stereocenters. The number of Topliss-reactive ketones (excluding diaryl/α,β-unsaturated/α-hetero) is 1. The number of halogens is 1. The van der Waals surface area contributed by atoms with Gasteiger partial charge in [-0.3, -0.25) is 19.0 Å². The third-order valence-electron chi connectivity index (χ3n) is 6.84. The topological polar surface area (TPSA) is 153 Å². The van der Waals surface area contributed by atoms with Crippen LogP contribution in [0.4, 0.5) is 4.39 Å². The second-order valence-electron chi connectivity index (χ2n) is 10.3. The van der Waals surface area contributed by atoms with Gasteiger partial charge in [-0.2, -0.15) is 10.2 Å². The molecule has 0 spiro atoms. The summed E-state index contributed by atoms with van der Waals surface area (Å²) in [5, 5.41) is 9.09. The Kier molecular flexibility index (Phi) is 9.36. The van der Waals surface area contributed by atoms with E-state index in [0.29, 0.717) is 21.1 Å². The zero-order chi connectivity index (χ0) is 30.7. The monoisotopic (exact) mass is 600 g/mol. The average Bonchev–Trinajstić information content (AvgIpc) is 3.57. The lowest BCUT2D eigenvalue weighted by Gasteiger charge is -2.23. The minimum absolute atomic E-state index is 0.0189. The molecular weight excluding hydrogens is 567 g/mol. The number of benzene rings is 1. The first-order valence-corrected chi connectivity index (χ1v) is 14.2. The number of thiophene rings is 1. The van der Waals surface area contributed by atoms with Crippen molar-refractivity contribution in [3.8, 4) is 10.8 Å². The number of ether oxygens (including phenoxy) is 2. The number of nitrogens with zero attached hydrogens (tertiary/aromatic N) is 5. The van der Waals surface area contributed by atoms with E-state index in [0.717, 1.165) is 15.9 Å². The van der Waals surface area contributed by atoms with E-state index < -0.39 is 35.1 Å². The number of hydrogen-bond donors (Lipinski definition) is 1. The zero-order valence-electron chi connectivity index (χ0n) is 24.0. The SMILES string of the molecule is COc1ccc(F)cc1[C@H](Cn1c(=O)n(C(C)C(=O)CC(C)C)c(=O)c2c(C)c(-n3nccn3)sc21)OCCC(N)=O. The Labute approximate surface area is 244 Å². The van der Waals surface area contributed by atoms with E-state index in [-0.39, 0.29) is 48.6 Å². The first-order chi connectivity index (χ1) is 19.9. The lowest BCUT2D eigenvalue weighted by molar-refractivity contribution is -0.122. The summed E-state index contributed by atoms with van der Waals surface area (Å²) in [4.78, 5) is 54.2. The van der Waals surface area contributed by atoms with Gasteiger partial charge in [0, 0.05) is 24.0 Å². The lowest BCUT2D eigenvalue weighted by atomic mass is 10.0. The molecule has 0 saturated heterocycles. The Balaban J connectivity index is 1.98. The molecule has 0 radical (unpaired) electrons. The van der Waals surface area contributed by atoms with Crippen molar-refractivity contribution in [1.29, 1.82) is 0 Å². The van der Waals surface area contributed by atoms with Crippen LogP contribution in [0.25, 0.3) is 15.2 Å². The number of aromatic nitrogens is 5. The molecule has 0 fully saturated rings. The maximum absolute atomic E-state index is 14.4. The number of carbonyl (C=O) groups excluding carboxylic acids is 2. The highest BCUT2D eigenvalue weighted by Gasteiger charge is 2.29. The van der Waals surface area contributed by atoms with Crippen LogP contribution in [0.3, 0.4) is 0 Å². The van der Waals surface area contributed by atoms with Gasteiger partial charge in [0.2, 0.25) is 5.91 Å². The molecule has 4 rings (SSSR count). The Hall–Kier alpha value is -4.17. The third kappa shape index (κ3) is 6.19. The van der Waals surface area contributed by atoms with Gasteiger partial charge in [-0.05, 0) is 38.0 Å².